The molecule has 0 radical (unpaired) electrons. The second kappa shape index (κ2) is 6.35. The molecule has 3 N–H and O–H groups in total. The van der Waals surface area contributed by atoms with Crippen LogP contribution in [0.4, 0.5) is 0 Å². The molecule has 0 heterocycles. The van der Waals surface area contributed by atoms with Gasteiger partial charge in [0.1, 0.15) is 11.4 Å². The molecule has 4 rings (SSSR count). The van der Waals surface area contributed by atoms with Crippen LogP contribution in [-0.4, -0.2) is 20.9 Å². The van der Waals surface area contributed by atoms with Gasteiger partial charge in [-0.15, -0.1) is 0 Å². The fourth-order valence-electron chi connectivity index (χ4n) is 5.97. The Hall–Kier alpha value is -1.84. The Morgan fingerprint density at radius 2 is 1.74 bits per heavy atom. The molecule has 1 fully saturated rings. The van der Waals surface area contributed by atoms with Crippen LogP contribution < -0.4 is 0 Å². The second-order valence-corrected chi connectivity index (χ2v) is 8.58. The first-order chi connectivity index (χ1) is 12.9. The summed E-state index contributed by atoms with van der Waals surface area (Å²) >= 11 is 0. The number of phenols is 1. The van der Waals surface area contributed by atoms with Crippen LogP contribution >= 0.6 is 0 Å². The molecule has 0 bridgehead atoms. The lowest BCUT2D eigenvalue weighted by atomic mass is 9.48. The normalized spacial score (nSPS) is 35.3. The van der Waals surface area contributed by atoms with Gasteiger partial charge >= 0.3 is 0 Å². The summed E-state index contributed by atoms with van der Waals surface area (Å²) in [5.41, 5.74) is 0.676. The third kappa shape index (κ3) is 2.55. The Labute approximate surface area is 161 Å². The van der Waals surface area contributed by atoms with Crippen LogP contribution in [0.3, 0.4) is 0 Å². The van der Waals surface area contributed by atoms with Crippen molar-refractivity contribution in [1.29, 1.82) is 0 Å². The Kier molecular flexibility index (Phi) is 4.36. The minimum absolute atomic E-state index is 0.160. The summed E-state index contributed by atoms with van der Waals surface area (Å²) in [6.07, 6.45) is 4.41. The molecule has 0 saturated heterocycles. The van der Waals surface area contributed by atoms with Crippen LogP contribution in [0.2, 0.25) is 0 Å². The smallest absolute Gasteiger partial charge is 0.118 e. The van der Waals surface area contributed by atoms with Crippen LogP contribution in [-0.2, 0) is 17.4 Å². The van der Waals surface area contributed by atoms with Gasteiger partial charge in [0.25, 0.3) is 0 Å². The molecule has 144 valence electrons. The lowest BCUT2D eigenvalue weighted by Crippen LogP contribution is -2.63. The van der Waals surface area contributed by atoms with E-state index >= 15 is 0 Å². The zero-order chi connectivity index (χ0) is 19.3. The average molecular weight is 367 g/mol. The quantitative estimate of drug-likeness (QED) is 0.753. The van der Waals surface area contributed by atoms with E-state index in [1.165, 1.54) is 11.1 Å². The van der Waals surface area contributed by atoms with Gasteiger partial charge in [-0.2, -0.15) is 0 Å². The Morgan fingerprint density at radius 3 is 2.41 bits per heavy atom. The molecule has 27 heavy (non-hydrogen) atoms. The third-order valence-corrected chi connectivity index (χ3v) is 7.56. The Morgan fingerprint density at radius 1 is 1.00 bits per heavy atom. The van der Waals surface area contributed by atoms with Gasteiger partial charge in [-0.3, -0.25) is 0 Å². The highest BCUT2D eigenvalue weighted by Crippen LogP contribution is 2.60. The number of fused-ring (bicyclic) bond motifs is 3. The number of aromatic hydroxyl groups is 1. The second-order valence-electron chi connectivity index (χ2n) is 8.58. The molecule has 4 atom stereocenters. The van der Waals surface area contributed by atoms with E-state index in [-0.39, 0.29) is 5.41 Å². The molecule has 1 saturated carbocycles. The van der Waals surface area contributed by atoms with Crippen LogP contribution in [0.15, 0.2) is 48.5 Å². The first-order valence-corrected chi connectivity index (χ1v) is 10.2. The van der Waals surface area contributed by atoms with E-state index in [1.54, 1.807) is 6.07 Å². The standard InChI is InChI=1S/C24H30O3/c1-3-22-16-23(26,4-2)24(27,18-8-6-5-7-9-18)15-19(22)11-10-17-14-20(25)12-13-21(17)22/h5-9,12-14,19,25-27H,3-4,10-11,15-16H2,1-2H3. The molecule has 0 amide bonds. The van der Waals surface area contributed by atoms with Crippen molar-refractivity contribution in [1.82, 2.24) is 0 Å². The molecule has 4 unspecified atom stereocenters. The average Bonchev–Trinajstić information content (AvgIpc) is 2.69. The highest BCUT2D eigenvalue weighted by Gasteiger charge is 2.61. The fraction of sp³-hybridized carbons (Fsp3) is 0.500. The van der Waals surface area contributed by atoms with E-state index in [4.69, 9.17) is 0 Å². The number of hydrogen-bond acceptors (Lipinski definition) is 3. The number of aliphatic hydroxyl groups is 2. The molecule has 2 aliphatic carbocycles. The fourth-order valence-corrected chi connectivity index (χ4v) is 5.97. The van der Waals surface area contributed by atoms with Gasteiger partial charge in [-0.05, 0) is 73.3 Å². The van der Waals surface area contributed by atoms with Gasteiger partial charge in [0.15, 0.2) is 0 Å². The highest BCUT2D eigenvalue weighted by molar-refractivity contribution is 5.45. The predicted molar refractivity (Wildman–Crippen MR) is 107 cm³/mol. The molecule has 3 heteroatoms. The number of rotatable bonds is 3. The summed E-state index contributed by atoms with van der Waals surface area (Å²) in [4.78, 5) is 0. The minimum atomic E-state index is -1.24. The third-order valence-electron chi connectivity index (χ3n) is 7.56. The summed E-state index contributed by atoms with van der Waals surface area (Å²) in [5, 5.41) is 33.5. The van der Waals surface area contributed by atoms with Crippen LogP contribution in [0.5, 0.6) is 5.75 Å². The van der Waals surface area contributed by atoms with Crippen molar-refractivity contribution < 1.29 is 15.3 Å². The number of hydrogen-bond donors (Lipinski definition) is 3. The minimum Gasteiger partial charge on any atom is -0.508 e. The predicted octanol–water partition coefficient (Wildman–Crippen LogP) is 4.43. The molecule has 2 aromatic carbocycles. The van der Waals surface area contributed by atoms with Gasteiger partial charge in [-0.1, -0.05) is 50.2 Å². The maximum Gasteiger partial charge on any atom is 0.118 e. The lowest BCUT2D eigenvalue weighted by molar-refractivity contribution is -0.215. The maximum atomic E-state index is 11.8. The monoisotopic (exact) mass is 366 g/mol. The molecule has 0 aromatic heterocycles. The van der Waals surface area contributed by atoms with Crippen molar-refractivity contribution in [2.24, 2.45) is 5.92 Å². The lowest BCUT2D eigenvalue weighted by Gasteiger charge is -2.60. The summed E-state index contributed by atoms with van der Waals surface area (Å²) in [5.74, 6) is 0.609. The van der Waals surface area contributed by atoms with Crippen molar-refractivity contribution in [2.75, 3.05) is 0 Å². The number of benzene rings is 2. The number of phenolic OH excluding ortho intramolecular Hbond substituents is 1. The van der Waals surface area contributed by atoms with E-state index in [1.807, 2.05) is 49.4 Å². The Balaban J connectivity index is 1.86. The van der Waals surface area contributed by atoms with Gasteiger partial charge in [0, 0.05) is 5.41 Å². The van der Waals surface area contributed by atoms with Crippen molar-refractivity contribution in [3.63, 3.8) is 0 Å². The van der Waals surface area contributed by atoms with Crippen LogP contribution in [0, 0.1) is 5.92 Å². The summed E-state index contributed by atoms with van der Waals surface area (Å²) in [7, 11) is 0. The maximum absolute atomic E-state index is 11.8. The molecular formula is C24H30O3. The van der Waals surface area contributed by atoms with Crippen molar-refractivity contribution in [2.45, 2.75) is 69.0 Å². The topological polar surface area (TPSA) is 60.7 Å². The van der Waals surface area contributed by atoms with E-state index in [9.17, 15) is 15.3 Å². The zero-order valence-electron chi connectivity index (χ0n) is 16.3. The van der Waals surface area contributed by atoms with Crippen molar-refractivity contribution in [3.05, 3.63) is 65.2 Å². The van der Waals surface area contributed by atoms with E-state index in [2.05, 4.69) is 6.92 Å². The van der Waals surface area contributed by atoms with Crippen LogP contribution in [0.25, 0.3) is 0 Å². The summed E-state index contributed by atoms with van der Waals surface area (Å²) in [6, 6.07) is 15.4. The SMILES string of the molecule is CCC12CC(O)(CC)C(O)(c3ccccc3)CC1CCc1cc(O)ccc12. The Bertz CT molecular complexity index is 833. The van der Waals surface area contributed by atoms with Crippen molar-refractivity contribution >= 4 is 0 Å². The summed E-state index contributed by atoms with van der Waals surface area (Å²) < 4.78 is 0. The van der Waals surface area contributed by atoms with Gasteiger partial charge in [0.2, 0.25) is 0 Å². The van der Waals surface area contributed by atoms with Gasteiger partial charge in [-0.25, -0.2) is 0 Å². The summed E-state index contributed by atoms with van der Waals surface area (Å²) in [6.45, 7) is 4.16. The molecular weight excluding hydrogens is 336 g/mol. The first kappa shape index (κ1) is 18.5. The zero-order valence-corrected chi connectivity index (χ0v) is 16.3. The molecule has 0 aliphatic heterocycles. The largest absolute Gasteiger partial charge is 0.508 e. The van der Waals surface area contributed by atoms with E-state index in [0.29, 0.717) is 30.9 Å². The van der Waals surface area contributed by atoms with E-state index < -0.39 is 11.2 Å². The van der Waals surface area contributed by atoms with Gasteiger partial charge in [0.05, 0.1) is 5.60 Å². The highest BCUT2D eigenvalue weighted by atomic mass is 16.4. The molecule has 3 nitrogen and oxygen atoms in total. The van der Waals surface area contributed by atoms with E-state index in [0.717, 1.165) is 24.8 Å². The molecule has 2 aliphatic rings. The number of aryl methyl sites for hydroxylation is 1. The van der Waals surface area contributed by atoms with Crippen LogP contribution in [0.1, 0.15) is 62.6 Å². The molecule has 2 aromatic rings. The molecule has 0 spiro atoms. The van der Waals surface area contributed by atoms with Gasteiger partial charge < -0.3 is 15.3 Å². The van der Waals surface area contributed by atoms with Crippen molar-refractivity contribution in [3.8, 4) is 5.75 Å². The first-order valence-electron chi connectivity index (χ1n) is 10.2.